The van der Waals surface area contributed by atoms with Gasteiger partial charge in [0.15, 0.2) is 9.84 Å². The summed E-state index contributed by atoms with van der Waals surface area (Å²) in [6, 6.07) is 3.12. The number of hydrogen-bond donors (Lipinski definition) is 1. The summed E-state index contributed by atoms with van der Waals surface area (Å²) in [5.74, 6) is -0.564. The van der Waals surface area contributed by atoms with E-state index in [0.29, 0.717) is 23.2 Å². The van der Waals surface area contributed by atoms with E-state index in [0.717, 1.165) is 4.90 Å². The summed E-state index contributed by atoms with van der Waals surface area (Å²) in [6.07, 6.45) is 1.32. The molecule has 5 nitrogen and oxygen atoms in total. The van der Waals surface area contributed by atoms with Gasteiger partial charge in [-0.05, 0) is 37.5 Å². The summed E-state index contributed by atoms with van der Waals surface area (Å²) in [7, 11) is -3.07. The van der Waals surface area contributed by atoms with Crippen molar-refractivity contribution in [3.05, 3.63) is 35.2 Å². The van der Waals surface area contributed by atoms with Crippen LogP contribution >= 0.6 is 0 Å². The predicted octanol–water partition coefficient (Wildman–Crippen LogP) is 3.23. The van der Waals surface area contributed by atoms with Crippen LogP contribution in [0.5, 0.6) is 0 Å². The molecule has 1 aliphatic rings. The van der Waals surface area contributed by atoms with E-state index in [4.69, 9.17) is 0 Å². The molecule has 1 aliphatic heterocycles. The second-order valence-corrected chi connectivity index (χ2v) is 7.83. The Bertz CT molecular complexity index is 756. The van der Waals surface area contributed by atoms with Gasteiger partial charge in [-0.3, -0.25) is 4.90 Å². The molecule has 0 aliphatic carbocycles. The molecule has 0 bridgehead atoms. The molecule has 1 N–H and O–H groups in total. The Hall–Kier alpha value is -1.89. The van der Waals surface area contributed by atoms with Gasteiger partial charge in [0, 0.05) is 17.7 Å². The molecule has 0 saturated heterocycles. The highest BCUT2D eigenvalue weighted by Crippen LogP contribution is 2.32. The highest BCUT2D eigenvalue weighted by Gasteiger charge is 2.23. The second kappa shape index (κ2) is 6.70. The quantitative estimate of drug-likeness (QED) is 0.912. The zero-order valence-corrected chi connectivity index (χ0v) is 14.0. The van der Waals surface area contributed by atoms with Crippen molar-refractivity contribution in [2.24, 2.45) is 0 Å². The molecule has 0 unspecified atom stereocenters. The van der Waals surface area contributed by atoms with E-state index in [2.05, 4.69) is 0 Å². The molecule has 2 rings (SSSR count). The summed E-state index contributed by atoms with van der Waals surface area (Å²) in [6.45, 7) is 3.68. The average molecular weight is 341 g/mol. The van der Waals surface area contributed by atoms with Crippen LogP contribution in [-0.4, -0.2) is 37.7 Å². The lowest BCUT2D eigenvalue weighted by Gasteiger charge is -2.23. The molecule has 0 aromatic heterocycles. The number of sulfone groups is 1. The van der Waals surface area contributed by atoms with Gasteiger partial charge in [0.05, 0.1) is 17.2 Å². The Morgan fingerprint density at radius 3 is 2.61 bits per heavy atom. The molecule has 23 heavy (non-hydrogen) atoms. The van der Waals surface area contributed by atoms with Crippen molar-refractivity contribution in [3.63, 3.8) is 0 Å². The topological polar surface area (TPSA) is 74.7 Å². The van der Waals surface area contributed by atoms with Gasteiger partial charge in [-0.1, -0.05) is 13.0 Å². The maximum Gasteiger partial charge on any atom is 0.411 e. The van der Waals surface area contributed by atoms with E-state index < -0.39 is 21.7 Å². The van der Waals surface area contributed by atoms with Crippen molar-refractivity contribution in [1.29, 1.82) is 0 Å². The van der Waals surface area contributed by atoms with E-state index >= 15 is 0 Å². The predicted molar refractivity (Wildman–Crippen MR) is 88.0 cm³/mol. The van der Waals surface area contributed by atoms with Crippen LogP contribution in [0.4, 0.5) is 14.9 Å². The van der Waals surface area contributed by atoms with Gasteiger partial charge in [0.1, 0.15) is 5.82 Å². The van der Waals surface area contributed by atoms with Crippen LogP contribution < -0.4 is 4.90 Å². The maximum atomic E-state index is 14.7. The maximum absolute atomic E-state index is 14.7. The van der Waals surface area contributed by atoms with Gasteiger partial charge in [0.2, 0.25) is 0 Å². The molecule has 1 aromatic carbocycles. The fourth-order valence-electron chi connectivity index (χ4n) is 2.68. The lowest BCUT2D eigenvalue weighted by Crippen LogP contribution is -2.30. The molecular weight excluding hydrogens is 321 g/mol. The Morgan fingerprint density at radius 2 is 2.09 bits per heavy atom. The number of carboxylic acid groups (broad SMARTS) is 1. The van der Waals surface area contributed by atoms with Crippen LogP contribution in [0, 0.1) is 12.7 Å². The first-order chi connectivity index (χ1) is 10.8. The van der Waals surface area contributed by atoms with E-state index in [1.54, 1.807) is 13.0 Å². The minimum absolute atomic E-state index is 0.0101. The first-order valence-electron chi connectivity index (χ1n) is 7.46. The smallest absolute Gasteiger partial charge is 0.411 e. The number of hydrogen-bond acceptors (Lipinski definition) is 3. The second-order valence-electron chi connectivity index (χ2n) is 5.60. The fraction of sp³-hybridized carbons (Fsp3) is 0.438. The van der Waals surface area contributed by atoms with Crippen LogP contribution in [0.3, 0.4) is 0 Å². The van der Waals surface area contributed by atoms with Crippen molar-refractivity contribution in [3.8, 4) is 0 Å². The SMILES string of the molecule is CCCN(C(=O)O)c1ccc(C2=CCS(=O)(=O)CC2)c(F)c1C. The number of benzene rings is 1. The number of allylic oxidation sites excluding steroid dienone is 1. The van der Waals surface area contributed by atoms with Gasteiger partial charge in [-0.15, -0.1) is 0 Å². The van der Waals surface area contributed by atoms with Gasteiger partial charge in [0.25, 0.3) is 0 Å². The summed E-state index contributed by atoms with van der Waals surface area (Å²) >= 11 is 0. The van der Waals surface area contributed by atoms with Gasteiger partial charge >= 0.3 is 6.09 Å². The Morgan fingerprint density at radius 1 is 1.39 bits per heavy atom. The molecule has 0 atom stereocenters. The summed E-state index contributed by atoms with van der Waals surface area (Å²) in [5, 5.41) is 9.27. The van der Waals surface area contributed by atoms with Crippen molar-refractivity contribution < 1.29 is 22.7 Å². The summed E-state index contributed by atoms with van der Waals surface area (Å²) in [5.41, 5.74) is 1.59. The number of amides is 1. The molecule has 7 heteroatoms. The van der Waals surface area contributed by atoms with Crippen molar-refractivity contribution in [2.75, 3.05) is 23.0 Å². The number of rotatable bonds is 4. The average Bonchev–Trinajstić information content (AvgIpc) is 2.48. The third-order valence-corrected chi connectivity index (χ3v) is 5.44. The highest BCUT2D eigenvalue weighted by molar-refractivity contribution is 7.91. The largest absolute Gasteiger partial charge is 0.465 e. The molecule has 0 saturated carbocycles. The summed E-state index contributed by atoms with van der Waals surface area (Å²) in [4.78, 5) is 12.5. The third-order valence-electron chi connectivity index (χ3n) is 3.94. The van der Waals surface area contributed by atoms with Crippen molar-refractivity contribution in [2.45, 2.75) is 26.7 Å². The Kier molecular flexibility index (Phi) is 5.09. The zero-order valence-electron chi connectivity index (χ0n) is 13.2. The van der Waals surface area contributed by atoms with Crippen LogP contribution in [0.25, 0.3) is 5.57 Å². The van der Waals surface area contributed by atoms with Gasteiger partial charge < -0.3 is 5.11 Å². The first kappa shape index (κ1) is 17.5. The van der Waals surface area contributed by atoms with E-state index in [1.165, 1.54) is 12.1 Å². The monoisotopic (exact) mass is 341 g/mol. The van der Waals surface area contributed by atoms with Crippen LogP contribution in [0.2, 0.25) is 0 Å². The lowest BCUT2D eigenvalue weighted by molar-refractivity contribution is 0.201. The van der Waals surface area contributed by atoms with Crippen molar-refractivity contribution in [1.82, 2.24) is 0 Å². The number of carbonyl (C=O) groups is 1. The normalized spacial score (nSPS) is 16.7. The molecule has 0 radical (unpaired) electrons. The van der Waals surface area contributed by atoms with E-state index in [-0.39, 0.29) is 30.0 Å². The van der Waals surface area contributed by atoms with Crippen molar-refractivity contribution >= 4 is 27.2 Å². The highest BCUT2D eigenvalue weighted by atomic mass is 32.2. The summed E-state index contributed by atoms with van der Waals surface area (Å²) < 4.78 is 37.6. The first-order valence-corrected chi connectivity index (χ1v) is 9.28. The molecule has 0 fully saturated rings. The molecule has 1 amide bonds. The van der Waals surface area contributed by atoms with Gasteiger partial charge in [-0.2, -0.15) is 0 Å². The Labute approximate surface area is 135 Å². The minimum atomic E-state index is -3.07. The van der Waals surface area contributed by atoms with Crippen LogP contribution in [0.15, 0.2) is 18.2 Å². The molecule has 1 heterocycles. The molecule has 126 valence electrons. The molecule has 0 spiro atoms. The minimum Gasteiger partial charge on any atom is -0.465 e. The lowest BCUT2D eigenvalue weighted by atomic mass is 9.98. The number of halogens is 1. The van der Waals surface area contributed by atoms with Crippen LogP contribution in [-0.2, 0) is 9.84 Å². The van der Waals surface area contributed by atoms with E-state index in [9.17, 15) is 22.7 Å². The molecule has 1 aromatic rings. The zero-order chi connectivity index (χ0) is 17.2. The van der Waals surface area contributed by atoms with Crippen LogP contribution in [0.1, 0.15) is 30.9 Å². The standard InChI is InChI=1S/C16H20FNO4S/c1-3-8-18(16(19)20)14-5-4-13(15(17)11(14)2)12-6-9-23(21,22)10-7-12/h4-6H,3,7-10H2,1-2H3,(H,19,20). The van der Waals surface area contributed by atoms with Gasteiger partial charge in [-0.25, -0.2) is 17.6 Å². The fourth-order valence-corrected chi connectivity index (χ4v) is 3.83. The number of nitrogens with zero attached hydrogens (tertiary/aromatic N) is 1. The van der Waals surface area contributed by atoms with E-state index in [1.807, 2.05) is 6.92 Å². The Balaban J connectivity index is 2.42. The third kappa shape index (κ3) is 3.72. The molecular formula is C16H20FNO4S. The number of anilines is 1.